The molecular weight excluding hydrogens is 298 g/mol. The Labute approximate surface area is 127 Å². The molecule has 4 nitrogen and oxygen atoms in total. The number of hydrogen-bond acceptors (Lipinski definition) is 3. The van der Waals surface area contributed by atoms with E-state index in [1.165, 1.54) is 10.9 Å². The van der Waals surface area contributed by atoms with Crippen molar-refractivity contribution in [3.8, 4) is 0 Å². The monoisotopic (exact) mass is 314 g/mol. The molecule has 7 heteroatoms. The zero-order valence-electron chi connectivity index (χ0n) is 12.1. The van der Waals surface area contributed by atoms with Gasteiger partial charge in [0.2, 0.25) is 0 Å². The van der Waals surface area contributed by atoms with Crippen molar-refractivity contribution in [2.24, 2.45) is 0 Å². The molecule has 21 heavy (non-hydrogen) atoms. The average Bonchev–Trinajstić information content (AvgIpc) is 2.76. The lowest BCUT2D eigenvalue weighted by Crippen LogP contribution is -2.13. The number of rotatable bonds is 4. The predicted molar refractivity (Wildman–Crippen MR) is 79.5 cm³/mol. The summed E-state index contributed by atoms with van der Waals surface area (Å²) in [6.45, 7) is 5.73. The zero-order chi connectivity index (χ0) is 15.6. The van der Waals surface area contributed by atoms with Crippen LogP contribution in [0.4, 0.5) is 20.4 Å². The molecule has 0 aliphatic carbocycles. The molecule has 1 N–H and O–H groups in total. The van der Waals surface area contributed by atoms with Crippen LogP contribution in [-0.4, -0.2) is 21.2 Å². The highest BCUT2D eigenvalue weighted by Gasteiger charge is 2.18. The van der Waals surface area contributed by atoms with Gasteiger partial charge in [0.25, 0.3) is 6.43 Å². The van der Waals surface area contributed by atoms with Gasteiger partial charge in [-0.05, 0) is 17.0 Å². The molecule has 0 aliphatic heterocycles. The first-order chi connectivity index (χ1) is 9.75. The summed E-state index contributed by atoms with van der Waals surface area (Å²) in [5.74, 6) is 1.04. The quantitative estimate of drug-likeness (QED) is 0.918. The lowest BCUT2D eigenvalue weighted by molar-refractivity contribution is 0.122. The van der Waals surface area contributed by atoms with E-state index in [2.05, 4.69) is 36.2 Å². The third-order valence-electron chi connectivity index (χ3n) is 2.89. The first kappa shape index (κ1) is 15.7. The molecule has 114 valence electrons. The van der Waals surface area contributed by atoms with Crippen molar-refractivity contribution in [2.45, 2.75) is 39.2 Å². The molecule has 0 radical (unpaired) electrons. The fraction of sp³-hybridized carbons (Fsp3) is 0.429. The topological polar surface area (TPSA) is 42.7 Å². The van der Waals surface area contributed by atoms with Crippen molar-refractivity contribution in [3.05, 3.63) is 35.1 Å². The maximum Gasteiger partial charge on any atom is 0.257 e. The van der Waals surface area contributed by atoms with Gasteiger partial charge in [-0.25, -0.2) is 13.8 Å². The summed E-state index contributed by atoms with van der Waals surface area (Å²) in [4.78, 5) is 4.18. The Morgan fingerprint density at radius 2 is 2.05 bits per heavy atom. The third kappa shape index (κ3) is 4.14. The van der Waals surface area contributed by atoms with E-state index < -0.39 is 13.0 Å². The van der Waals surface area contributed by atoms with Gasteiger partial charge in [-0.15, -0.1) is 0 Å². The highest BCUT2D eigenvalue weighted by Crippen LogP contribution is 2.31. The molecule has 0 saturated carbocycles. The molecule has 0 amide bonds. The molecule has 0 fully saturated rings. The Bertz CT molecular complexity index is 620. The van der Waals surface area contributed by atoms with Crippen LogP contribution in [0, 0.1) is 0 Å². The second kappa shape index (κ2) is 5.97. The lowest BCUT2D eigenvalue weighted by Gasteiger charge is -2.21. The van der Waals surface area contributed by atoms with Crippen LogP contribution < -0.4 is 5.32 Å². The van der Waals surface area contributed by atoms with E-state index in [-0.39, 0.29) is 5.41 Å². The normalized spacial score (nSPS) is 12.0. The van der Waals surface area contributed by atoms with E-state index in [0.717, 1.165) is 5.56 Å². The molecule has 0 unspecified atom stereocenters. The Balaban J connectivity index is 2.18. The van der Waals surface area contributed by atoms with Crippen LogP contribution in [0.25, 0.3) is 0 Å². The van der Waals surface area contributed by atoms with E-state index in [1.807, 2.05) is 6.07 Å². The van der Waals surface area contributed by atoms with Gasteiger partial charge in [0, 0.05) is 18.5 Å². The van der Waals surface area contributed by atoms with E-state index in [4.69, 9.17) is 11.6 Å². The number of nitrogens with zero attached hydrogens (tertiary/aromatic N) is 3. The second-order valence-electron chi connectivity index (χ2n) is 5.74. The fourth-order valence-corrected chi connectivity index (χ4v) is 2.27. The summed E-state index contributed by atoms with van der Waals surface area (Å²) in [5, 5.41) is 7.60. The standard InChI is InChI=1S/C14H17ClF2N4/c1-14(2,3)9-6-13(18-7-10(9)15)19-12-4-5-21(20-12)8-11(16)17/h4-7,11H,8H2,1-3H3,(H,18,19,20). The lowest BCUT2D eigenvalue weighted by atomic mass is 9.87. The number of aromatic nitrogens is 3. The molecule has 0 atom stereocenters. The minimum Gasteiger partial charge on any atom is -0.323 e. The highest BCUT2D eigenvalue weighted by molar-refractivity contribution is 6.31. The van der Waals surface area contributed by atoms with Gasteiger partial charge in [-0.2, -0.15) is 5.10 Å². The Morgan fingerprint density at radius 3 is 2.67 bits per heavy atom. The van der Waals surface area contributed by atoms with Crippen molar-refractivity contribution in [2.75, 3.05) is 5.32 Å². The fourth-order valence-electron chi connectivity index (χ4n) is 1.88. The van der Waals surface area contributed by atoms with Gasteiger partial charge in [0.15, 0.2) is 5.82 Å². The molecule has 0 aromatic carbocycles. The van der Waals surface area contributed by atoms with Gasteiger partial charge in [0.1, 0.15) is 12.4 Å². The van der Waals surface area contributed by atoms with Crippen LogP contribution in [0.1, 0.15) is 26.3 Å². The van der Waals surface area contributed by atoms with E-state index in [9.17, 15) is 8.78 Å². The zero-order valence-corrected chi connectivity index (χ0v) is 12.8. The molecule has 2 aromatic rings. The van der Waals surface area contributed by atoms with Crippen molar-refractivity contribution >= 4 is 23.2 Å². The van der Waals surface area contributed by atoms with Gasteiger partial charge in [-0.3, -0.25) is 4.68 Å². The van der Waals surface area contributed by atoms with Crippen molar-refractivity contribution in [1.82, 2.24) is 14.8 Å². The van der Waals surface area contributed by atoms with Crippen molar-refractivity contribution in [1.29, 1.82) is 0 Å². The molecule has 0 bridgehead atoms. The SMILES string of the molecule is CC(C)(C)c1cc(Nc2ccn(CC(F)F)n2)ncc1Cl. The summed E-state index contributed by atoms with van der Waals surface area (Å²) in [5.41, 5.74) is 0.833. The summed E-state index contributed by atoms with van der Waals surface area (Å²) < 4.78 is 25.7. The highest BCUT2D eigenvalue weighted by atomic mass is 35.5. The molecule has 0 aliphatic rings. The van der Waals surface area contributed by atoms with Crippen molar-refractivity contribution < 1.29 is 8.78 Å². The molecule has 2 heterocycles. The smallest absolute Gasteiger partial charge is 0.257 e. The number of anilines is 2. The molecule has 2 rings (SSSR count). The Morgan fingerprint density at radius 1 is 1.33 bits per heavy atom. The van der Waals surface area contributed by atoms with Crippen LogP contribution in [-0.2, 0) is 12.0 Å². The largest absolute Gasteiger partial charge is 0.323 e. The van der Waals surface area contributed by atoms with Gasteiger partial charge in [0.05, 0.1) is 5.02 Å². The van der Waals surface area contributed by atoms with Crippen LogP contribution in [0.15, 0.2) is 24.5 Å². The van der Waals surface area contributed by atoms with Gasteiger partial charge >= 0.3 is 0 Å². The minimum atomic E-state index is -2.43. The summed E-state index contributed by atoms with van der Waals surface area (Å²) in [7, 11) is 0. The average molecular weight is 315 g/mol. The Kier molecular flexibility index (Phi) is 4.46. The molecule has 2 aromatic heterocycles. The minimum absolute atomic E-state index is 0.120. The summed E-state index contributed by atoms with van der Waals surface area (Å²) in [6, 6.07) is 3.46. The number of halogens is 3. The number of nitrogens with one attached hydrogen (secondary N) is 1. The van der Waals surface area contributed by atoms with E-state index >= 15 is 0 Å². The van der Waals surface area contributed by atoms with Crippen LogP contribution in [0.3, 0.4) is 0 Å². The van der Waals surface area contributed by atoms with Gasteiger partial charge in [-0.1, -0.05) is 32.4 Å². The third-order valence-corrected chi connectivity index (χ3v) is 3.19. The van der Waals surface area contributed by atoms with Crippen LogP contribution >= 0.6 is 11.6 Å². The maximum atomic E-state index is 12.3. The molecule has 0 spiro atoms. The van der Waals surface area contributed by atoms with Crippen LogP contribution in [0.5, 0.6) is 0 Å². The molecule has 0 saturated heterocycles. The maximum absolute atomic E-state index is 12.3. The first-order valence-electron chi connectivity index (χ1n) is 6.50. The van der Waals surface area contributed by atoms with Crippen molar-refractivity contribution in [3.63, 3.8) is 0 Å². The second-order valence-corrected chi connectivity index (χ2v) is 6.15. The van der Waals surface area contributed by atoms with E-state index in [0.29, 0.717) is 16.7 Å². The number of alkyl halides is 2. The van der Waals surface area contributed by atoms with E-state index in [1.54, 1.807) is 12.3 Å². The van der Waals surface area contributed by atoms with Crippen LogP contribution in [0.2, 0.25) is 5.02 Å². The first-order valence-corrected chi connectivity index (χ1v) is 6.88. The molecular formula is C14H17ClF2N4. The van der Waals surface area contributed by atoms with Gasteiger partial charge < -0.3 is 5.32 Å². The Hall–Kier alpha value is -1.69. The number of hydrogen-bond donors (Lipinski definition) is 1. The summed E-state index contributed by atoms with van der Waals surface area (Å²) >= 11 is 6.15. The summed E-state index contributed by atoms with van der Waals surface area (Å²) in [6.07, 6.45) is 0.634. The predicted octanol–water partition coefficient (Wildman–Crippen LogP) is 4.24. The number of pyridine rings is 1.